The van der Waals surface area contributed by atoms with Crippen molar-refractivity contribution in [3.05, 3.63) is 34.6 Å². The number of hydrogen-bond donors (Lipinski definition) is 1. The van der Waals surface area contributed by atoms with Crippen LogP contribution < -0.4 is 5.73 Å². The molecule has 0 atom stereocenters. The van der Waals surface area contributed by atoms with Gasteiger partial charge in [-0.1, -0.05) is 17.7 Å². The van der Waals surface area contributed by atoms with Crippen molar-refractivity contribution in [1.82, 2.24) is 0 Å². The zero-order valence-electron chi connectivity index (χ0n) is 8.39. The predicted octanol–water partition coefficient (Wildman–Crippen LogP) is 3.00. The molecule has 2 fully saturated rings. The molecule has 2 N–H and O–H groups in total. The summed E-state index contributed by atoms with van der Waals surface area (Å²) in [5.41, 5.74) is 6.78. The van der Waals surface area contributed by atoms with Crippen molar-refractivity contribution in [2.75, 3.05) is 0 Å². The lowest BCUT2D eigenvalue weighted by atomic mass is 9.86. The molecule has 1 aromatic carbocycles. The summed E-state index contributed by atoms with van der Waals surface area (Å²) in [6, 6.07) is 4.95. The van der Waals surface area contributed by atoms with Crippen LogP contribution in [0.1, 0.15) is 31.2 Å². The summed E-state index contributed by atoms with van der Waals surface area (Å²) in [5, 5.41) is 0.453. The van der Waals surface area contributed by atoms with Crippen LogP contribution in [-0.2, 0) is 5.41 Å². The minimum atomic E-state index is -0.197. The van der Waals surface area contributed by atoms with E-state index in [1.54, 1.807) is 12.1 Å². The number of rotatable bonds is 2. The number of halogens is 2. The topological polar surface area (TPSA) is 26.0 Å². The number of hydrogen-bond acceptors (Lipinski definition) is 1. The first-order valence-corrected chi connectivity index (χ1v) is 5.70. The molecule has 1 nitrogen and oxygen atoms in total. The Morgan fingerprint density at radius 3 is 2.33 bits per heavy atom. The van der Waals surface area contributed by atoms with Gasteiger partial charge in [-0.2, -0.15) is 0 Å². The summed E-state index contributed by atoms with van der Waals surface area (Å²) in [5.74, 6) is -0.197. The second kappa shape index (κ2) is 2.74. The summed E-state index contributed by atoms with van der Waals surface area (Å²) in [7, 11) is 0. The quantitative estimate of drug-likeness (QED) is 0.823. The third-order valence-corrected chi connectivity index (χ3v) is 4.17. The molecule has 0 aliphatic heterocycles. The van der Waals surface area contributed by atoms with Crippen molar-refractivity contribution in [3.63, 3.8) is 0 Å². The molecular formula is C12H13ClFN. The zero-order valence-corrected chi connectivity index (χ0v) is 9.15. The van der Waals surface area contributed by atoms with E-state index in [-0.39, 0.29) is 16.8 Å². The second-order valence-electron chi connectivity index (χ2n) is 4.86. The molecule has 0 saturated heterocycles. The first kappa shape index (κ1) is 9.61. The average molecular weight is 226 g/mol. The van der Waals surface area contributed by atoms with Crippen LogP contribution in [0.3, 0.4) is 0 Å². The van der Waals surface area contributed by atoms with E-state index in [0.29, 0.717) is 5.02 Å². The van der Waals surface area contributed by atoms with Crippen molar-refractivity contribution < 1.29 is 4.39 Å². The van der Waals surface area contributed by atoms with Crippen molar-refractivity contribution in [1.29, 1.82) is 0 Å². The molecule has 15 heavy (non-hydrogen) atoms. The smallest absolute Gasteiger partial charge is 0.128 e. The van der Waals surface area contributed by atoms with Crippen LogP contribution in [0.5, 0.6) is 0 Å². The Kier molecular flexibility index (Phi) is 1.76. The van der Waals surface area contributed by atoms with Crippen molar-refractivity contribution >= 4 is 11.6 Å². The highest BCUT2D eigenvalue weighted by Crippen LogP contribution is 2.64. The molecular weight excluding hydrogens is 213 g/mol. The first-order valence-electron chi connectivity index (χ1n) is 5.32. The summed E-state index contributed by atoms with van der Waals surface area (Å²) in [6.45, 7) is 0. The Morgan fingerprint density at radius 1 is 1.20 bits per heavy atom. The van der Waals surface area contributed by atoms with E-state index in [4.69, 9.17) is 17.3 Å². The highest BCUT2D eigenvalue weighted by molar-refractivity contribution is 6.30. The largest absolute Gasteiger partial charge is 0.324 e. The summed E-state index contributed by atoms with van der Waals surface area (Å²) in [6.07, 6.45) is 4.08. The number of nitrogens with two attached hydrogens (primary N) is 1. The van der Waals surface area contributed by atoms with Crippen LogP contribution in [0.25, 0.3) is 0 Å². The fraction of sp³-hybridized carbons (Fsp3) is 0.500. The van der Waals surface area contributed by atoms with Crippen LogP contribution in [0.15, 0.2) is 18.2 Å². The fourth-order valence-electron chi connectivity index (χ4n) is 2.65. The molecule has 3 heteroatoms. The zero-order chi connectivity index (χ0) is 10.7. The van der Waals surface area contributed by atoms with E-state index in [9.17, 15) is 4.39 Å². The van der Waals surface area contributed by atoms with Gasteiger partial charge in [0.2, 0.25) is 0 Å². The lowest BCUT2D eigenvalue weighted by Gasteiger charge is -2.23. The maximum absolute atomic E-state index is 13.8. The van der Waals surface area contributed by atoms with Gasteiger partial charge in [-0.25, -0.2) is 4.39 Å². The Labute approximate surface area is 93.4 Å². The summed E-state index contributed by atoms with van der Waals surface area (Å²) < 4.78 is 13.8. The molecule has 0 aromatic heterocycles. The van der Waals surface area contributed by atoms with E-state index in [0.717, 1.165) is 31.2 Å². The highest BCUT2D eigenvalue weighted by atomic mass is 35.5. The van der Waals surface area contributed by atoms with Crippen LogP contribution in [0.4, 0.5) is 4.39 Å². The van der Waals surface area contributed by atoms with E-state index >= 15 is 0 Å². The van der Waals surface area contributed by atoms with Crippen LogP contribution >= 0.6 is 11.6 Å². The molecule has 80 valence electrons. The van der Waals surface area contributed by atoms with E-state index in [1.807, 2.05) is 0 Å². The van der Waals surface area contributed by atoms with Gasteiger partial charge in [-0.15, -0.1) is 0 Å². The van der Waals surface area contributed by atoms with E-state index in [2.05, 4.69) is 0 Å². The fourth-order valence-corrected chi connectivity index (χ4v) is 2.81. The van der Waals surface area contributed by atoms with E-state index < -0.39 is 0 Å². The van der Waals surface area contributed by atoms with Gasteiger partial charge in [0.1, 0.15) is 5.82 Å². The maximum atomic E-state index is 13.8. The summed E-state index contributed by atoms with van der Waals surface area (Å²) >= 11 is 5.75. The second-order valence-corrected chi connectivity index (χ2v) is 5.30. The van der Waals surface area contributed by atoms with Gasteiger partial charge in [0.25, 0.3) is 0 Å². The van der Waals surface area contributed by atoms with E-state index in [1.165, 1.54) is 6.07 Å². The molecule has 2 aliphatic rings. The monoisotopic (exact) mass is 225 g/mol. The summed E-state index contributed by atoms with van der Waals surface area (Å²) in [4.78, 5) is 0. The molecule has 0 heterocycles. The molecule has 0 spiro atoms. The highest BCUT2D eigenvalue weighted by Gasteiger charge is 2.64. The minimum Gasteiger partial charge on any atom is -0.324 e. The maximum Gasteiger partial charge on any atom is 0.128 e. The van der Waals surface area contributed by atoms with Gasteiger partial charge in [0.15, 0.2) is 0 Å². The molecule has 0 radical (unpaired) electrons. The Bertz CT molecular complexity index is 422. The lowest BCUT2D eigenvalue weighted by Crippen LogP contribution is -2.37. The Morgan fingerprint density at radius 2 is 1.87 bits per heavy atom. The SMILES string of the molecule is NC1(C2(c3ccc(Cl)cc3F)CC2)CC1. The molecule has 0 unspecified atom stereocenters. The first-order chi connectivity index (χ1) is 7.07. The Balaban J connectivity index is 2.06. The van der Waals surface area contributed by atoms with Gasteiger partial charge in [0.05, 0.1) is 0 Å². The lowest BCUT2D eigenvalue weighted by molar-refractivity contribution is 0.473. The van der Waals surface area contributed by atoms with Gasteiger partial charge in [-0.3, -0.25) is 0 Å². The molecule has 2 saturated carbocycles. The third-order valence-electron chi connectivity index (χ3n) is 3.94. The van der Waals surface area contributed by atoms with Crippen LogP contribution in [0, 0.1) is 5.82 Å². The molecule has 0 amide bonds. The molecule has 2 aliphatic carbocycles. The van der Waals surface area contributed by atoms with Gasteiger partial charge in [-0.05, 0) is 43.4 Å². The van der Waals surface area contributed by atoms with Crippen LogP contribution in [0.2, 0.25) is 5.02 Å². The van der Waals surface area contributed by atoms with Crippen molar-refractivity contribution in [2.24, 2.45) is 5.73 Å². The average Bonchev–Trinajstić information content (AvgIpc) is 3.01. The molecule has 0 bridgehead atoms. The number of benzene rings is 1. The molecule has 3 rings (SSSR count). The van der Waals surface area contributed by atoms with Gasteiger partial charge >= 0.3 is 0 Å². The van der Waals surface area contributed by atoms with Crippen LogP contribution in [-0.4, -0.2) is 5.54 Å². The van der Waals surface area contributed by atoms with Crippen molar-refractivity contribution in [3.8, 4) is 0 Å². The predicted molar refractivity (Wildman–Crippen MR) is 58.5 cm³/mol. The van der Waals surface area contributed by atoms with Crippen molar-refractivity contribution in [2.45, 2.75) is 36.6 Å². The third kappa shape index (κ3) is 1.25. The normalized spacial score (nSPS) is 25.0. The molecule has 1 aromatic rings. The standard InChI is InChI=1S/C12H13ClFN/c13-8-1-2-9(10(14)7-8)11(3-4-11)12(15)5-6-12/h1-2,7H,3-6,15H2. The van der Waals surface area contributed by atoms with Gasteiger partial charge in [0, 0.05) is 16.0 Å². The van der Waals surface area contributed by atoms with Gasteiger partial charge < -0.3 is 5.73 Å². The Hall–Kier alpha value is -0.600. The minimum absolute atomic E-state index is 0.0817.